The molecule has 0 bridgehead atoms. The molecule has 5 heterocycles. The van der Waals surface area contributed by atoms with E-state index in [1.54, 1.807) is 12.4 Å². The lowest BCUT2D eigenvalue weighted by molar-refractivity contribution is 0.154. The first-order chi connectivity index (χ1) is 15.3. The Hall–Kier alpha value is -3.74. The third kappa shape index (κ3) is 3.42. The van der Waals surface area contributed by atoms with E-state index in [-0.39, 0.29) is 0 Å². The molecular weight excluding hydrogens is 388 g/mol. The number of nitrogens with one attached hydrogen (secondary N) is 2. The second kappa shape index (κ2) is 7.50. The van der Waals surface area contributed by atoms with E-state index >= 15 is 0 Å². The molecular formula is C24H22N6O. The van der Waals surface area contributed by atoms with Crippen LogP contribution in [0.5, 0.6) is 5.75 Å². The fourth-order valence-electron chi connectivity index (χ4n) is 4.37. The van der Waals surface area contributed by atoms with Crippen LogP contribution in [0.25, 0.3) is 44.6 Å². The standard InChI is InChI=1S/C24H22N6O/c1-2-5-17(6-3-1)31-18-9-15(12-25-14-18)16-10-19-23(29-30-24(19)27-13-16)22-11-21-20(28-22)7-4-8-26-21/h4,7-14,17,28H,1-3,5-6H2,(H,27,29,30). The third-order valence-corrected chi connectivity index (χ3v) is 5.97. The number of rotatable bonds is 4. The SMILES string of the molecule is c1cnc2cc(-c3[nH]nc4ncc(-c5cncc(OC6CCCCC6)c5)cc34)[nH]c2c1. The molecule has 1 aliphatic carbocycles. The van der Waals surface area contributed by atoms with Crippen LogP contribution in [0.2, 0.25) is 0 Å². The molecule has 0 aromatic carbocycles. The van der Waals surface area contributed by atoms with Gasteiger partial charge in [0.05, 0.1) is 34.7 Å². The maximum Gasteiger partial charge on any atom is 0.181 e. The lowest BCUT2D eigenvalue weighted by Crippen LogP contribution is -2.19. The first-order valence-electron chi connectivity index (χ1n) is 10.7. The summed E-state index contributed by atoms with van der Waals surface area (Å²) in [6, 6.07) is 10.1. The zero-order chi connectivity index (χ0) is 20.6. The number of pyridine rings is 3. The molecule has 5 aromatic rings. The summed E-state index contributed by atoms with van der Waals surface area (Å²) in [5.74, 6) is 0.818. The molecule has 0 saturated heterocycles. The first-order valence-corrected chi connectivity index (χ1v) is 10.7. The van der Waals surface area contributed by atoms with Gasteiger partial charge in [-0.2, -0.15) is 5.10 Å². The fourth-order valence-corrected chi connectivity index (χ4v) is 4.37. The molecule has 31 heavy (non-hydrogen) atoms. The minimum absolute atomic E-state index is 0.294. The van der Waals surface area contributed by atoms with Crippen molar-refractivity contribution in [3.05, 3.63) is 55.1 Å². The van der Waals surface area contributed by atoms with Gasteiger partial charge in [-0.25, -0.2) is 4.98 Å². The summed E-state index contributed by atoms with van der Waals surface area (Å²) >= 11 is 0. The Labute approximate surface area is 178 Å². The number of aromatic nitrogens is 6. The van der Waals surface area contributed by atoms with Gasteiger partial charge in [-0.05, 0) is 56.0 Å². The largest absolute Gasteiger partial charge is 0.489 e. The van der Waals surface area contributed by atoms with E-state index in [0.717, 1.165) is 57.5 Å². The van der Waals surface area contributed by atoms with Crippen molar-refractivity contribution in [3.63, 3.8) is 0 Å². The van der Waals surface area contributed by atoms with Crippen molar-refractivity contribution >= 4 is 22.1 Å². The highest BCUT2D eigenvalue weighted by Crippen LogP contribution is 2.31. The van der Waals surface area contributed by atoms with Gasteiger partial charge in [-0.1, -0.05) is 6.42 Å². The number of ether oxygens (including phenoxy) is 1. The first kappa shape index (κ1) is 18.1. The van der Waals surface area contributed by atoms with Gasteiger partial charge in [0.1, 0.15) is 5.75 Å². The predicted octanol–water partition coefficient (Wildman–Crippen LogP) is 5.27. The Morgan fingerprint density at radius 1 is 0.935 bits per heavy atom. The normalized spacial score (nSPS) is 15.0. The van der Waals surface area contributed by atoms with Gasteiger partial charge in [0.2, 0.25) is 0 Å². The smallest absolute Gasteiger partial charge is 0.181 e. The van der Waals surface area contributed by atoms with E-state index < -0.39 is 0 Å². The number of hydrogen-bond acceptors (Lipinski definition) is 5. The van der Waals surface area contributed by atoms with Crippen LogP contribution in [0.1, 0.15) is 32.1 Å². The van der Waals surface area contributed by atoms with E-state index in [0.29, 0.717) is 11.8 Å². The molecule has 1 saturated carbocycles. The van der Waals surface area contributed by atoms with Crippen molar-refractivity contribution < 1.29 is 4.74 Å². The second-order valence-corrected chi connectivity index (χ2v) is 8.10. The molecule has 5 aromatic heterocycles. The maximum atomic E-state index is 6.20. The summed E-state index contributed by atoms with van der Waals surface area (Å²) in [6.07, 6.45) is 13.6. The third-order valence-electron chi connectivity index (χ3n) is 5.97. The Kier molecular flexibility index (Phi) is 4.37. The monoisotopic (exact) mass is 410 g/mol. The molecule has 1 aliphatic rings. The van der Waals surface area contributed by atoms with Crippen LogP contribution < -0.4 is 4.74 Å². The Bertz CT molecular complexity index is 1330. The number of fused-ring (bicyclic) bond motifs is 2. The number of hydrogen-bond donors (Lipinski definition) is 2. The highest BCUT2D eigenvalue weighted by atomic mass is 16.5. The molecule has 1 fully saturated rings. The van der Waals surface area contributed by atoms with Crippen molar-refractivity contribution in [2.75, 3.05) is 0 Å². The molecule has 0 atom stereocenters. The summed E-state index contributed by atoms with van der Waals surface area (Å²) in [5, 5.41) is 8.45. The Morgan fingerprint density at radius 3 is 2.74 bits per heavy atom. The van der Waals surface area contributed by atoms with Gasteiger partial charge in [0.15, 0.2) is 5.65 Å². The minimum atomic E-state index is 0.294. The number of nitrogens with zero attached hydrogens (tertiary/aromatic N) is 4. The van der Waals surface area contributed by atoms with Crippen LogP contribution in [-0.2, 0) is 0 Å². The molecule has 0 amide bonds. The van der Waals surface area contributed by atoms with Crippen LogP contribution in [0.4, 0.5) is 0 Å². The van der Waals surface area contributed by atoms with E-state index in [2.05, 4.69) is 42.3 Å². The zero-order valence-corrected chi connectivity index (χ0v) is 17.0. The second-order valence-electron chi connectivity index (χ2n) is 8.10. The predicted molar refractivity (Wildman–Crippen MR) is 120 cm³/mol. The fraction of sp³-hybridized carbons (Fsp3) is 0.250. The van der Waals surface area contributed by atoms with Crippen LogP contribution in [0.15, 0.2) is 55.1 Å². The van der Waals surface area contributed by atoms with Crippen LogP contribution in [-0.4, -0.2) is 36.2 Å². The summed E-state index contributed by atoms with van der Waals surface area (Å²) in [7, 11) is 0. The number of aromatic amines is 2. The molecule has 7 heteroatoms. The molecule has 0 unspecified atom stereocenters. The van der Waals surface area contributed by atoms with Gasteiger partial charge >= 0.3 is 0 Å². The van der Waals surface area contributed by atoms with E-state index in [4.69, 9.17) is 4.74 Å². The topological polar surface area (TPSA) is 92.4 Å². The van der Waals surface area contributed by atoms with Crippen molar-refractivity contribution in [3.8, 4) is 28.3 Å². The van der Waals surface area contributed by atoms with Gasteiger partial charge in [-0.3, -0.25) is 15.1 Å². The van der Waals surface area contributed by atoms with E-state index in [9.17, 15) is 0 Å². The molecule has 7 nitrogen and oxygen atoms in total. The average molecular weight is 410 g/mol. The average Bonchev–Trinajstić information content (AvgIpc) is 3.43. The molecule has 0 spiro atoms. The molecule has 6 rings (SSSR count). The minimum Gasteiger partial charge on any atom is -0.489 e. The molecule has 2 N–H and O–H groups in total. The summed E-state index contributed by atoms with van der Waals surface area (Å²) in [6.45, 7) is 0. The van der Waals surface area contributed by atoms with Gasteiger partial charge in [0, 0.05) is 35.1 Å². The zero-order valence-electron chi connectivity index (χ0n) is 17.0. The molecule has 0 radical (unpaired) electrons. The number of H-pyrrole nitrogens is 2. The highest BCUT2D eigenvalue weighted by Gasteiger charge is 2.16. The van der Waals surface area contributed by atoms with Crippen molar-refractivity contribution in [1.82, 2.24) is 30.1 Å². The lowest BCUT2D eigenvalue weighted by atomic mass is 9.98. The quantitative estimate of drug-likeness (QED) is 0.421. The van der Waals surface area contributed by atoms with Crippen molar-refractivity contribution in [2.24, 2.45) is 0 Å². The van der Waals surface area contributed by atoms with E-state index in [1.807, 2.05) is 30.6 Å². The maximum absolute atomic E-state index is 6.20. The summed E-state index contributed by atoms with van der Waals surface area (Å²) < 4.78 is 6.20. The summed E-state index contributed by atoms with van der Waals surface area (Å²) in [5.41, 5.74) is 6.36. The lowest BCUT2D eigenvalue weighted by Gasteiger charge is -2.23. The summed E-state index contributed by atoms with van der Waals surface area (Å²) in [4.78, 5) is 16.8. The van der Waals surface area contributed by atoms with Crippen LogP contribution >= 0.6 is 0 Å². The molecule has 154 valence electrons. The van der Waals surface area contributed by atoms with Crippen molar-refractivity contribution in [2.45, 2.75) is 38.2 Å². The van der Waals surface area contributed by atoms with Crippen LogP contribution in [0, 0.1) is 0 Å². The van der Waals surface area contributed by atoms with Gasteiger partial charge in [0.25, 0.3) is 0 Å². The van der Waals surface area contributed by atoms with E-state index in [1.165, 1.54) is 19.3 Å². The Morgan fingerprint density at radius 2 is 1.84 bits per heavy atom. The van der Waals surface area contributed by atoms with Crippen LogP contribution in [0.3, 0.4) is 0 Å². The van der Waals surface area contributed by atoms with Gasteiger partial charge < -0.3 is 9.72 Å². The Balaban J connectivity index is 1.36. The molecule has 0 aliphatic heterocycles. The highest BCUT2D eigenvalue weighted by molar-refractivity contribution is 5.95. The van der Waals surface area contributed by atoms with Gasteiger partial charge in [-0.15, -0.1) is 0 Å². The van der Waals surface area contributed by atoms with Crippen molar-refractivity contribution in [1.29, 1.82) is 0 Å².